The van der Waals surface area contributed by atoms with Crippen molar-refractivity contribution in [3.63, 3.8) is 0 Å². The number of unbranched alkanes of at least 4 members (excludes halogenated alkanes) is 1. The first kappa shape index (κ1) is 10.1. The fraction of sp³-hybridized carbons (Fsp3) is 0.714. The molecule has 0 rings (SSSR count). The van der Waals surface area contributed by atoms with E-state index in [-0.39, 0.29) is 6.42 Å². The number of carbonyl (C=O) groups excluding carboxylic acids is 1. The zero-order valence-electron chi connectivity index (χ0n) is 6.19. The molecule has 0 saturated heterocycles. The zero-order chi connectivity index (χ0) is 8.69. The summed E-state index contributed by atoms with van der Waals surface area (Å²) < 4.78 is 0. The summed E-state index contributed by atoms with van der Waals surface area (Å²) in [7, 11) is 0. The van der Waals surface area contributed by atoms with Crippen LogP contribution in [0.4, 0.5) is 0 Å². The monoisotopic (exact) mass is 160 g/mol. The molecular weight excluding hydrogens is 148 g/mol. The van der Waals surface area contributed by atoms with E-state index in [1.807, 2.05) is 0 Å². The molecule has 4 nitrogen and oxygen atoms in total. The maximum absolute atomic E-state index is 10.0. The molecular formula is C7H12O4. The molecule has 1 atom stereocenters. The third kappa shape index (κ3) is 6.99. The first-order valence-corrected chi connectivity index (χ1v) is 3.50. The number of aliphatic hydroxyl groups excluding tert-OH is 1. The lowest BCUT2D eigenvalue weighted by molar-refractivity contribution is -0.139. The topological polar surface area (TPSA) is 74.6 Å². The van der Waals surface area contributed by atoms with Crippen LogP contribution in [0.25, 0.3) is 0 Å². The Hall–Kier alpha value is -0.900. The number of carboxylic acid groups (broad SMARTS) is 1. The van der Waals surface area contributed by atoms with Gasteiger partial charge >= 0.3 is 5.97 Å². The van der Waals surface area contributed by atoms with Gasteiger partial charge in [-0.1, -0.05) is 0 Å². The highest BCUT2D eigenvalue weighted by Crippen LogP contribution is 2.02. The Labute approximate surface area is 64.8 Å². The Kier molecular flexibility index (Phi) is 5.37. The van der Waals surface area contributed by atoms with Gasteiger partial charge < -0.3 is 15.0 Å². The molecule has 64 valence electrons. The van der Waals surface area contributed by atoms with E-state index < -0.39 is 12.1 Å². The van der Waals surface area contributed by atoms with Crippen LogP contribution in [-0.2, 0) is 9.59 Å². The third-order valence-corrected chi connectivity index (χ3v) is 1.27. The number of aliphatic carboxylic acids is 1. The molecule has 0 aromatic rings. The molecule has 1 unspecified atom stereocenters. The second kappa shape index (κ2) is 5.85. The van der Waals surface area contributed by atoms with Crippen LogP contribution in [0.2, 0.25) is 0 Å². The van der Waals surface area contributed by atoms with Gasteiger partial charge in [-0.25, -0.2) is 0 Å². The summed E-state index contributed by atoms with van der Waals surface area (Å²) in [6.07, 6.45) is 1.03. The lowest BCUT2D eigenvalue weighted by atomic mass is 10.1. The van der Waals surface area contributed by atoms with E-state index >= 15 is 0 Å². The van der Waals surface area contributed by atoms with E-state index in [4.69, 9.17) is 10.2 Å². The molecule has 0 fully saturated rings. The van der Waals surface area contributed by atoms with E-state index in [1.165, 1.54) is 0 Å². The predicted octanol–water partition coefficient (Wildman–Crippen LogP) is 0.191. The van der Waals surface area contributed by atoms with Gasteiger partial charge in [0.1, 0.15) is 6.29 Å². The highest BCUT2D eigenvalue weighted by atomic mass is 16.4. The Morgan fingerprint density at radius 2 is 2.18 bits per heavy atom. The largest absolute Gasteiger partial charge is 0.481 e. The van der Waals surface area contributed by atoms with E-state index in [0.717, 1.165) is 6.29 Å². The molecule has 0 aliphatic carbocycles. The smallest absolute Gasteiger partial charge is 0.305 e. The molecule has 0 spiro atoms. The number of aldehydes is 1. The number of rotatable bonds is 6. The molecule has 11 heavy (non-hydrogen) atoms. The van der Waals surface area contributed by atoms with Crippen LogP contribution >= 0.6 is 0 Å². The highest BCUT2D eigenvalue weighted by Gasteiger charge is 2.07. The minimum Gasteiger partial charge on any atom is -0.481 e. The van der Waals surface area contributed by atoms with Gasteiger partial charge in [-0.05, 0) is 12.8 Å². The third-order valence-electron chi connectivity index (χ3n) is 1.27. The van der Waals surface area contributed by atoms with Crippen molar-refractivity contribution in [1.82, 2.24) is 0 Å². The fourth-order valence-electron chi connectivity index (χ4n) is 0.740. The van der Waals surface area contributed by atoms with Crippen LogP contribution < -0.4 is 0 Å². The number of hydrogen-bond donors (Lipinski definition) is 2. The minimum absolute atomic E-state index is 0.237. The molecule has 0 saturated carbocycles. The number of carbonyl (C=O) groups is 2. The van der Waals surface area contributed by atoms with Gasteiger partial charge in [-0.2, -0.15) is 0 Å². The summed E-state index contributed by atoms with van der Waals surface area (Å²) in [5.41, 5.74) is 0. The SMILES string of the molecule is O=CCCCC(O)CC(=O)O. The van der Waals surface area contributed by atoms with E-state index in [1.54, 1.807) is 0 Å². The van der Waals surface area contributed by atoms with E-state index in [0.29, 0.717) is 19.3 Å². The van der Waals surface area contributed by atoms with Crippen LogP contribution in [0.5, 0.6) is 0 Å². The summed E-state index contributed by atoms with van der Waals surface area (Å²) in [4.78, 5) is 19.8. The molecule has 0 bridgehead atoms. The van der Waals surface area contributed by atoms with Crippen LogP contribution in [0, 0.1) is 0 Å². The van der Waals surface area contributed by atoms with Gasteiger partial charge in [-0.3, -0.25) is 4.79 Å². The molecule has 0 aliphatic rings. The van der Waals surface area contributed by atoms with Gasteiger partial charge in [0, 0.05) is 6.42 Å². The van der Waals surface area contributed by atoms with Crippen molar-refractivity contribution in [1.29, 1.82) is 0 Å². The van der Waals surface area contributed by atoms with Crippen molar-refractivity contribution in [3.05, 3.63) is 0 Å². The Morgan fingerprint density at radius 3 is 2.64 bits per heavy atom. The van der Waals surface area contributed by atoms with Gasteiger partial charge in [0.15, 0.2) is 0 Å². The van der Waals surface area contributed by atoms with Crippen molar-refractivity contribution < 1.29 is 19.8 Å². The number of hydrogen-bond acceptors (Lipinski definition) is 3. The Bertz CT molecular complexity index is 132. The van der Waals surface area contributed by atoms with Gasteiger partial charge in [0.2, 0.25) is 0 Å². The average Bonchev–Trinajstić information content (AvgIpc) is 1.86. The summed E-state index contributed by atoms with van der Waals surface area (Å²) in [6.45, 7) is 0. The lowest BCUT2D eigenvalue weighted by Gasteiger charge is -2.04. The van der Waals surface area contributed by atoms with Crippen LogP contribution in [0.3, 0.4) is 0 Å². The normalized spacial score (nSPS) is 12.5. The molecule has 2 N–H and O–H groups in total. The van der Waals surface area contributed by atoms with Crippen molar-refractivity contribution in [2.75, 3.05) is 0 Å². The first-order chi connectivity index (χ1) is 5.16. The van der Waals surface area contributed by atoms with Crippen LogP contribution in [-0.4, -0.2) is 28.6 Å². The Balaban J connectivity index is 3.28. The predicted molar refractivity (Wildman–Crippen MR) is 38.2 cm³/mol. The quantitative estimate of drug-likeness (QED) is 0.429. The average molecular weight is 160 g/mol. The molecule has 0 amide bonds. The summed E-state index contributed by atoms with van der Waals surface area (Å²) >= 11 is 0. The highest BCUT2D eigenvalue weighted by molar-refractivity contribution is 5.67. The second-order valence-corrected chi connectivity index (χ2v) is 2.35. The molecule has 4 heteroatoms. The maximum Gasteiger partial charge on any atom is 0.305 e. The zero-order valence-corrected chi connectivity index (χ0v) is 6.19. The van der Waals surface area contributed by atoms with E-state index in [9.17, 15) is 9.59 Å². The Morgan fingerprint density at radius 1 is 1.55 bits per heavy atom. The molecule has 0 aliphatic heterocycles. The maximum atomic E-state index is 10.0. The van der Waals surface area contributed by atoms with E-state index in [2.05, 4.69) is 0 Å². The lowest BCUT2D eigenvalue weighted by Crippen LogP contribution is -2.12. The van der Waals surface area contributed by atoms with Gasteiger partial charge in [0.05, 0.1) is 12.5 Å². The van der Waals surface area contributed by atoms with Crippen LogP contribution in [0.15, 0.2) is 0 Å². The van der Waals surface area contributed by atoms with Crippen molar-refractivity contribution in [3.8, 4) is 0 Å². The number of aliphatic hydroxyl groups is 1. The molecule has 0 aromatic heterocycles. The molecule has 0 aromatic carbocycles. The number of carboxylic acids is 1. The van der Waals surface area contributed by atoms with Gasteiger partial charge in [0.25, 0.3) is 0 Å². The summed E-state index contributed by atoms with van der Waals surface area (Å²) in [5.74, 6) is -1.01. The molecule has 0 heterocycles. The summed E-state index contributed by atoms with van der Waals surface area (Å²) in [6, 6.07) is 0. The fourth-order valence-corrected chi connectivity index (χ4v) is 0.740. The molecule has 0 radical (unpaired) electrons. The van der Waals surface area contributed by atoms with Crippen molar-refractivity contribution in [2.24, 2.45) is 0 Å². The van der Waals surface area contributed by atoms with Crippen LogP contribution in [0.1, 0.15) is 25.7 Å². The van der Waals surface area contributed by atoms with Gasteiger partial charge in [-0.15, -0.1) is 0 Å². The minimum atomic E-state index is -1.01. The second-order valence-electron chi connectivity index (χ2n) is 2.35. The van der Waals surface area contributed by atoms with Crippen molar-refractivity contribution >= 4 is 12.3 Å². The summed E-state index contributed by atoms with van der Waals surface area (Å²) in [5, 5.41) is 17.2. The standard InChI is InChI=1S/C7H12O4/c8-4-2-1-3-6(9)5-7(10)11/h4,6,9H,1-3,5H2,(H,10,11). The first-order valence-electron chi connectivity index (χ1n) is 3.50. The van der Waals surface area contributed by atoms with Crippen molar-refractivity contribution in [2.45, 2.75) is 31.8 Å².